The molecule has 1 unspecified atom stereocenters. The van der Waals surface area contributed by atoms with Crippen molar-refractivity contribution in [2.75, 3.05) is 7.11 Å². The summed E-state index contributed by atoms with van der Waals surface area (Å²) in [7, 11) is 1.68. The van der Waals surface area contributed by atoms with Gasteiger partial charge in [-0.3, -0.25) is 0 Å². The van der Waals surface area contributed by atoms with Crippen molar-refractivity contribution in [3.63, 3.8) is 0 Å². The highest BCUT2D eigenvalue weighted by Crippen LogP contribution is 2.31. The number of hydrogen-bond donors (Lipinski definition) is 1. The zero-order chi connectivity index (χ0) is 10.6. The summed E-state index contributed by atoms with van der Waals surface area (Å²) in [5.74, 6) is 0.437. The predicted molar refractivity (Wildman–Crippen MR) is 58.3 cm³/mol. The van der Waals surface area contributed by atoms with Crippen LogP contribution in [0.15, 0.2) is 0 Å². The topological polar surface area (TPSA) is 29.5 Å². The minimum absolute atomic E-state index is 0.314. The summed E-state index contributed by atoms with van der Waals surface area (Å²) in [6, 6.07) is 0. The Bertz CT molecular complexity index is 158. The highest BCUT2D eigenvalue weighted by atomic mass is 16.5. The van der Waals surface area contributed by atoms with E-state index in [9.17, 15) is 5.11 Å². The van der Waals surface area contributed by atoms with Gasteiger partial charge in [0.05, 0.1) is 11.7 Å². The minimum Gasteiger partial charge on any atom is -0.390 e. The molecular weight excluding hydrogens is 176 g/mol. The molecule has 2 nitrogen and oxygen atoms in total. The van der Waals surface area contributed by atoms with Gasteiger partial charge in [-0.1, -0.05) is 25.7 Å². The van der Waals surface area contributed by atoms with Crippen molar-refractivity contribution in [1.29, 1.82) is 0 Å². The van der Waals surface area contributed by atoms with E-state index < -0.39 is 5.60 Å². The van der Waals surface area contributed by atoms with Crippen LogP contribution < -0.4 is 0 Å². The third-order valence-electron chi connectivity index (χ3n) is 3.58. The van der Waals surface area contributed by atoms with Gasteiger partial charge in [-0.25, -0.2) is 0 Å². The molecule has 84 valence electrons. The van der Waals surface area contributed by atoms with E-state index in [0.717, 1.165) is 12.8 Å². The third kappa shape index (κ3) is 2.96. The van der Waals surface area contributed by atoms with Crippen LogP contribution in [0, 0.1) is 5.92 Å². The smallest absolute Gasteiger partial charge is 0.0883 e. The lowest BCUT2D eigenvalue weighted by atomic mass is 9.85. The third-order valence-corrected chi connectivity index (χ3v) is 3.58. The van der Waals surface area contributed by atoms with E-state index in [1.807, 2.05) is 13.8 Å². The molecule has 1 aliphatic carbocycles. The van der Waals surface area contributed by atoms with Crippen molar-refractivity contribution in [3.8, 4) is 0 Å². The predicted octanol–water partition coefficient (Wildman–Crippen LogP) is 2.74. The Morgan fingerprint density at radius 2 is 1.64 bits per heavy atom. The van der Waals surface area contributed by atoms with Crippen molar-refractivity contribution in [2.45, 2.75) is 64.1 Å². The number of aliphatic hydroxyl groups excluding tert-OH is 1. The molecule has 2 heteroatoms. The number of rotatable bonds is 3. The molecule has 0 bridgehead atoms. The van der Waals surface area contributed by atoms with Gasteiger partial charge in [0.2, 0.25) is 0 Å². The Labute approximate surface area is 87.7 Å². The maximum atomic E-state index is 10.2. The molecule has 1 saturated carbocycles. The van der Waals surface area contributed by atoms with Gasteiger partial charge in [-0.05, 0) is 32.6 Å². The highest BCUT2D eigenvalue weighted by molar-refractivity contribution is 4.85. The van der Waals surface area contributed by atoms with E-state index in [1.54, 1.807) is 7.11 Å². The first-order valence-electron chi connectivity index (χ1n) is 5.81. The number of aliphatic hydroxyl groups is 1. The van der Waals surface area contributed by atoms with Crippen molar-refractivity contribution >= 4 is 0 Å². The van der Waals surface area contributed by atoms with E-state index in [4.69, 9.17) is 4.74 Å². The van der Waals surface area contributed by atoms with Crippen LogP contribution in [0.5, 0.6) is 0 Å². The summed E-state index contributed by atoms with van der Waals surface area (Å²) in [6.07, 6.45) is 7.20. The van der Waals surface area contributed by atoms with Gasteiger partial charge in [0.1, 0.15) is 0 Å². The molecule has 1 rings (SSSR count). The van der Waals surface area contributed by atoms with Crippen LogP contribution in [-0.4, -0.2) is 23.9 Å². The number of methoxy groups -OCH3 is 1. The van der Waals surface area contributed by atoms with Crippen LogP contribution >= 0.6 is 0 Å². The molecule has 0 aromatic carbocycles. The Morgan fingerprint density at radius 1 is 1.14 bits per heavy atom. The zero-order valence-electron chi connectivity index (χ0n) is 9.75. The van der Waals surface area contributed by atoms with E-state index >= 15 is 0 Å². The van der Waals surface area contributed by atoms with E-state index in [0.29, 0.717) is 5.92 Å². The summed E-state index contributed by atoms with van der Waals surface area (Å²) >= 11 is 0. The SMILES string of the molecule is COC(C)(C)C(O)C1CCCCCC1. The first kappa shape index (κ1) is 12.0. The normalized spacial score (nSPS) is 23.1. The first-order valence-corrected chi connectivity index (χ1v) is 5.81. The molecule has 1 atom stereocenters. The Morgan fingerprint density at radius 3 is 2.07 bits per heavy atom. The van der Waals surface area contributed by atoms with Crippen LogP contribution in [0.2, 0.25) is 0 Å². The van der Waals surface area contributed by atoms with Gasteiger partial charge >= 0.3 is 0 Å². The van der Waals surface area contributed by atoms with E-state index in [-0.39, 0.29) is 6.10 Å². The minimum atomic E-state index is -0.394. The molecule has 0 aromatic heterocycles. The molecule has 1 N–H and O–H groups in total. The average molecular weight is 200 g/mol. The number of ether oxygens (including phenoxy) is 1. The van der Waals surface area contributed by atoms with Gasteiger partial charge in [0.25, 0.3) is 0 Å². The van der Waals surface area contributed by atoms with E-state index in [1.165, 1.54) is 25.7 Å². The standard InChI is InChI=1S/C12H24O2/c1-12(2,14-3)11(13)10-8-6-4-5-7-9-10/h10-11,13H,4-9H2,1-3H3. The van der Waals surface area contributed by atoms with Gasteiger partial charge in [-0.2, -0.15) is 0 Å². The molecule has 14 heavy (non-hydrogen) atoms. The van der Waals surface area contributed by atoms with Crippen molar-refractivity contribution in [1.82, 2.24) is 0 Å². The molecule has 0 heterocycles. The molecular formula is C12H24O2. The van der Waals surface area contributed by atoms with Crippen LogP contribution in [0.4, 0.5) is 0 Å². The van der Waals surface area contributed by atoms with Gasteiger partial charge < -0.3 is 9.84 Å². The number of hydrogen-bond acceptors (Lipinski definition) is 2. The maximum absolute atomic E-state index is 10.2. The summed E-state index contributed by atoms with van der Waals surface area (Å²) in [5, 5.41) is 10.2. The second kappa shape index (κ2) is 5.13. The molecule has 0 spiro atoms. The molecule has 1 aliphatic rings. The monoisotopic (exact) mass is 200 g/mol. The molecule has 0 radical (unpaired) electrons. The van der Waals surface area contributed by atoms with Crippen LogP contribution in [0.1, 0.15) is 52.4 Å². The van der Waals surface area contributed by atoms with Crippen LogP contribution in [0.25, 0.3) is 0 Å². The van der Waals surface area contributed by atoms with Crippen molar-refractivity contribution in [2.24, 2.45) is 5.92 Å². The molecule has 0 amide bonds. The van der Waals surface area contributed by atoms with Crippen LogP contribution in [-0.2, 0) is 4.74 Å². The molecule has 0 aromatic rings. The van der Waals surface area contributed by atoms with Crippen LogP contribution in [0.3, 0.4) is 0 Å². The fraction of sp³-hybridized carbons (Fsp3) is 1.00. The maximum Gasteiger partial charge on any atom is 0.0883 e. The second-order valence-electron chi connectivity index (χ2n) is 5.00. The van der Waals surface area contributed by atoms with Gasteiger partial charge in [0.15, 0.2) is 0 Å². The summed E-state index contributed by atoms with van der Waals surface area (Å²) in [6.45, 7) is 3.95. The summed E-state index contributed by atoms with van der Waals surface area (Å²) in [5.41, 5.74) is -0.394. The van der Waals surface area contributed by atoms with Crippen molar-refractivity contribution < 1.29 is 9.84 Å². The van der Waals surface area contributed by atoms with E-state index in [2.05, 4.69) is 0 Å². The fourth-order valence-electron chi connectivity index (χ4n) is 2.32. The zero-order valence-corrected chi connectivity index (χ0v) is 9.75. The highest BCUT2D eigenvalue weighted by Gasteiger charge is 2.34. The summed E-state index contributed by atoms with van der Waals surface area (Å²) < 4.78 is 5.34. The second-order valence-corrected chi connectivity index (χ2v) is 5.00. The quantitative estimate of drug-likeness (QED) is 0.710. The molecule has 1 fully saturated rings. The summed E-state index contributed by atoms with van der Waals surface area (Å²) in [4.78, 5) is 0. The van der Waals surface area contributed by atoms with Gasteiger partial charge in [-0.15, -0.1) is 0 Å². The lowest BCUT2D eigenvalue weighted by molar-refractivity contribution is -0.103. The largest absolute Gasteiger partial charge is 0.390 e. The Kier molecular flexibility index (Phi) is 4.39. The lowest BCUT2D eigenvalue weighted by Gasteiger charge is -2.34. The fourth-order valence-corrected chi connectivity index (χ4v) is 2.32. The van der Waals surface area contributed by atoms with Crippen molar-refractivity contribution in [3.05, 3.63) is 0 Å². The molecule has 0 aliphatic heterocycles. The first-order chi connectivity index (χ1) is 6.58. The molecule has 0 saturated heterocycles. The average Bonchev–Trinajstić information content (AvgIpc) is 2.44. The Balaban J connectivity index is 2.53. The Hall–Kier alpha value is -0.0800. The lowest BCUT2D eigenvalue weighted by Crippen LogP contribution is -2.43. The van der Waals surface area contributed by atoms with Gasteiger partial charge in [0, 0.05) is 7.11 Å².